The van der Waals surface area contributed by atoms with Gasteiger partial charge in [0.1, 0.15) is 0 Å². The van der Waals surface area contributed by atoms with Crippen LogP contribution in [-0.2, 0) is 16.0 Å². The molecular formula is C9H13N3O4. The Bertz CT molecular complexity index is 375. The van der Waals surface area contributed by atoms with E-state index in [1.807, 2.05) is 0 Å². The molecule has 0 aromatic carbocycles. The fraction of sp³-hybridized carbons (Fsp3) is 0.556. The van der Waals surface area contributed by atoms with Gasteiger partial charge in [-0.1, -0.05) is 5.16 Å². The van der Waals surface area contributed by atoms with Crippen LogP contribution in [-0.4, -0.2) is 35.7 Å². The molecule has 1 aromatic heterocycles. The average molecular weight is 227 g/mol. The highest BCUT2D eigenvalue weighted by Gasteiger charge is 2.13. The van der Waals surface area contributed by atoms with Crippen molar-refractivity contribution >= 4 is 11.9 Å². The van der Waals surface area contributed by atoms with Gasteiger partial charge in [0.25, 0.3) is 11.7 Å². The van der Waals surface area contributed by atoms with E-state index in [4.69, 9.17) is 9.26 Å². The van der Waals surface area contributed by atoms with Gasteiger partial charge in [-0.15, -0.1) is 0 Å². The molecule has 88 valence electrons. The van der Waals surface area contributed by atoms with E-state index in [0.717, 1.165) is 0 Å². The quantitative estimate of drug-likeness (QED) is 0.707. The summed E-state index contributed by atoms with van der Waals surface area (Å²) < 4.78 is 9.52. The predicted molar refractivity (Wildman–Crippen MR) is 52.6 cm³/mol. The number of carbonyl (C=O) groups is 2. The van der Waals surface area contributed by atoms with Crippen LogP contribution in [0.15, 0.2) is 4.52 Å². The van der Waals surface area contributed by atoms with Crippen molar-refractivity contribution in [3.05, 3.63) is 11.7 Å². The Kier molecular flexibility index (Phi) is 4.43. The van der Waals surface area contributed by atoms with Crippen molar-refractivity contribution in [3.8, 4) is 0 Å². The lowest BCUT2D eigenvalue weighted by atomic mass is 10.3. The monoisotopic (exact) mass is 227 g/mol. The molecule has 0 aliphatic rings. The lowest BCUT2D eigenvalue weighted by molar-refractivity contribution is -0.143. The maximum absolute atomic E-state index is 11.1. The first-order chi connectivity index (χ1) is 7.67. The minimum Gasteiger partial charge on any atom is -0.466 e. The van der Waals surface area contributed by atoms with Crippen molar-refractivity contribution in [1.82, 2.24) is 15.5 Å². The zero-order valence-corrected chi connectivity index (χ0v) is 9.15. The first kappa shape index (κ1) is 12.2. The molecule has 7 nitrogen and oxygen atoms in total. The molecule has 0 bridgehead atoms. The smallest absolute Gasteiger partial charge is 0.306 e. The van der Waals surface area contributed by atoms with Gasteiger partial charge in [-0.05, 0) is 6.92 Å². The molecule has 0 aliphatic heterocycles. The molecule has 7 heteroatoms. The Hall–Kier alpha value is -1.92. The van der Waals surface area contributed by atoms with Crippen LogP contribution < -0.4 is 5.32 Å². The predicted octanol–water partition coefficient (Wildman–Crippen LogP) is -0.0751. The molecule has 1 aromatic rings. The van der Waals surface area contributed by atoms with Crippen LogP contribution in [0.4, 0.5) is 0 Å². The largest absolute Gasteiger partial charge is 0.466 e. The van der Waals surface area contributed by atoms with Gasteiger partial charge in [0.05, 0.1) is 13.0 Å². The molecule has 0 spiro atoms. The van der Waals surface area contributed by atoms with Gasteiger partial charge in [0.2, 0.25) is 5.89 Å². The summed E-state index contributed by atoms with van der Waals surface area (Å²) in [5, 5.41) is 5.82. The maximum Gasteiger partial charge on any atom is 0.306 e. The van der Waals surface area contributed by atoms with Crippen molar-refractivity contribution in [2.75, 3.05) is 13.7 Å². The van der Waals surface area contributed by atoms with Crippen LogP contribution in [0, 0.1) is 0 Å². The van der Waals surface area contributed by atoms with E-state index in [1.165, 1.54) is 7.05 Å². The number of rotatable bonds is 5. The summed E-state index contributed by atoms with van der Waals surface area (Å²) in [5.74, 6) is -0.554. The molecule has 0 unspecified atom stereocenters. The Labute approximate surface area is 92.2 Å². The Morgan fingerprint density at radius 3 is 2.88 bits per heavy atom. The van der Waals surface area contributed by atoms with Crippen LogP contribution >= 0.6 is 0 Å². The number of aryl methyl sites for hydroxylation is 1. The van der Waals surface area contributed by atoms with E-state index in [0.29, 0.717) is 6.61 Å². The zero-order chi connectivity index (χ0) is 12.0. The van der Waals surface area contributed by atoms with Crippen LogP contribution in [0.1, 0.15) is 29.9 Å². The van der Waals surface area contributed by atoms with Crippen molar-refractivity contribution < 1.29 is 18.8 Å². The zero-order valence-electron chi connectivity index (χ0n) is 9.15. The van der Waals surface area contributed by atoms with Gasteiger partial charge in [-0.3, -0.25) is 9.59 Å². The molecule has 1 heterocycles. The molecule has 0 fully saturated rings. The van der Waals surface area contributed by atoms with E-state index >= 15 is 0 Å². The van der Waals surface area contributed by atoms with Crippen molar-refractivity contribution in [1.29, 1.82) is 0 Å². The van der Waals surface area contributed by atoms with Crippen LogP contribution in [0.3, 0.4) is 0 Å². The highest BCUT2D eigenvalue weighted by atomic mass is 16.5. The van der Waals surface area contributed by atoms with E-state index < -0.39 is 5.91 Å². The van der Waals surface area contributed by atoms with E-state index in [-0.39, 0.29) is 30.5 Å². The van der Waals surface area contributed by atoms with Gasteiger partial charge in [-0.25, -0.2) is 0 Å². The summed E-state index contributed by atoms with van der Waals surface area (Å²) in [6, 6.07) is 0. The summed E-state index contributed by atoms with van der Waals surface area (Å²) >= 11 is 0. The third-order valence-electron chi connectivity index (χ3n) is 1.75. The van der Waals surface area contributed by atoms with Crippen LogP contribution in [0.25, 0.3) is 0 Å². The summed E-state index contributed by atoms with van der Waals surface area (Å²) in [4.78, 5) is 25.9. The van der Waals surface area contributed by atoms with Gasteiger partial charge in [-0.2, -0.15) is 4.98 Å². The van der Waals surface area contributed by atoms with E-state index in [9.17, 15) is 9.59 Å². The summed E-state index contributed by atoms with van der Waals surface area (Å²) in [7, 11) is 1.47. The lowest BCUT2D eigenvalue weighted by Crippen LogP contribution is -2.19. The molecule has 1 amide bonds. The first-order valence-electron chi connectivity index (χ1n) is 4.87. The SMILES string of the molecule is CCOC(=O)CCc1nc(C(=O)NC)no1. The molecule has 0 saturated heterocycles. The molecule has 1 rings (SSSR count). The lowest BCUT2D eigenvalue weighted by Gasteiger charge is -1.97. The number of amides is 1. The number of hydrogen-bond donors (Lipinski definition) is 1. The first-order valence-corrected chi connectivity index (χ1v) is 4.87. The summed E-state index contributed by atoms with van der Waals surface area (Å²) in [6.07, 6.45) is 0.423. The molecule has 0 aliphatic carbocycles. The van der Waals surface area contributed by atoms with Crippen molar-refractivity contribution in [2.24, 2.45) is 0 Å². The minimum atomic E-state index is -0.425. The average Bonchev–Trinajstić information content (AvgIpc) is 2.74. The Balaban J connectivity index is 2.46. The molecule has 1 N–H and O–H groups in total. The normalized spacial score (nSPS) is 9.88. The van der Waals surface area contributed by atoms with Crippen LogP contribution in [0.5, 0.6) is 0 Å². The topological polar surface area (TPSA) is 94.3 Å². The fourth-order valence-electron chi connectivity index (χ4n) is 1.00. The second-order valence-electron chi connectivity index (χ2n) is 2.90. The molecule has 16 heavy (non-hydrogen) atoms. The summed E-state index contributed by atoms with van der Waals surface area (Å²) in [5.41, 5.74) is 0. The highest BCUT2D eigenvalue weighted by Crippen LogP contribution is 2.02. The highest BCUT2D eigenvalue weighted by molar-refractivity contribution is 5.89. The Morgan fingerprint density at radius 2 is 2.25 bits per heavy atom. The number of ether oxygens (including phenoxy) is 1. The molecule has 0 saturated carbocycles. The second-order valence-corrected chi connectivity index (χ2v) is 2.90. The summed E-state index contributed by atoms with van der Waals surface area (Å²) in [6.45, 7) is 2.07. The fourth-order valence-corrected chi connectivity index (χ4v) is 1.00. The number of hydrogen-bond acceptors (Lipinski definition) is 6. The number of nitrogens with one attached hydrogen (secondary N) is 1. The van der Waals surface area contributed by atoms with Gasteiger partial charge < -0.3 is 14.6 Å². The third-order valence-corrected chi connectivity index (χ3v) is 1.75. The van der Waals surface area contributed by atoms with Gasteiger partial charge >= 0.3 is 5.97 Å². The van der Waals surface area contributed by atoms with Crippen molar-refractivity contribution in [3.63, 3.8) is 0 Å². The second kappa shape index (κ2) is 5.84. The number of nitrogens with zero attached hydrogens (tertiary/aromatic N) is 2. The van der Waals surface area contributed by atoms with E-state index in [1.54, 1.807) is 6.92 Å². The van der Waals surface area contributed by atoms with Crippen molar-refractivity contribution in [2.45, 2.75) is 19.8 Å². The number of aromatic nitrogens is 2. The maximum atomic E-state index is 11.1. The number of esters is 1. The van der Waals surface area contributed by atoms with Gasteiger partial charge in [0, 0.05) is 13.5 Å². The minimum absolute atomic E-state index is 0.0404. The standard InChI is InChI=1S/C9H13N3O4/c1-3-15-7(13)5-4-6-11-8(12-16-6)9(14)10-2/h3-5H2,1-2H3,(H,10,14). The number of carbonyl (C=O) groups excluding carboxylic acids is 2. The third kappa shape index (κ3) is 3.34. The van der Waals surface area contributed by atoms with E-state index in [2.05, 4.69) is 15.5 Å². The Morgan fingerprint density at radius 1 is 1.50 bits per heavy atom. The molecule has 0 radical (unpaired) electrons. The van der Waals surface area contributed by atoms with Gasteiger partial charge in [0.15, 0.2) is 0 Å². The van der Waals surface area contributed by atoms with Crippen LogP contribution in [0.2, 0.25) is 0 Å². The molecule has 0 atom stereocenters. The molecular weight excluding hydrogens is 214 g/mol.